The molecule has 0 atom stereocenters. The third-order valence-electron chi connectivity index (χ3n) is 2.38. The quantitative estimate of drug-likeness (QED) is 0.725. The maximum atomic E-state index is 11.6. The van der Waals surface area contributed by atoms with Gasteiger partial charge in [-0.05, 0) is 19.4 Å². The van der Waals surface area contributed by atoms with Gasteiger partial charge in [-0.15, -0.1) is 11.3 Å². The van der Waals surface area contributed by atoms with Crippen LogP contribution in [0.1, 0.15) is 16.0 Å². The molecule has 0 bridgehead atoms. The van der Waals surface area contributed by atoms with Gasteiger partial charge in [0.1, 0.15) is 11.1 Å². The summed E-state index contributed by atoms with van der Waals surface area (Å²) in [5, 5.41) is 14.5. The molecule has 1 rings (SSSR count). The predicted octanol–water partition coefficient (Wildman–Crippen LogP) is 0.250. The minimum atomic E-state index is -0.399. The smallest absolute Gasteiger partial charge is 0.244 e. The highest BCUT2D eigenvalue weighted by molar-refractivity contribution is 7.16. The summed E-state index contributed by atoms with van der Waals surface area (Å²) in [7, 11) is 0. The Morgan fingerprint density at radius 2 is 2.06 bits per heavy atom. The summed E-state index contributed by atoms with van der Waals surface area (Å²) in [6, 6.07) is 2.05. The summed E-state index contributed by atoms with van der Waals surface area (Å²) < 4.78 is 0. The van der Waals surface area contributed by atoms with Gasteiger partial charge in [0.15, 0.2) is 0 Å². The Kier molecular flexibility index (Phi) is 4.83. The van der Waals surface area contributed by atoms with E-state index < -0.39 is 5.91 Å². The fourth-order valence-electron chi connectivity index (χ4n) is 1.27. The lowest BCUT2D eigenvalue weighted by Gasteiger charge is -2.04. The van der Waals surface area contributed by atoms with Crippen molar-refractivity contribution in [1.82, 2.24) is 5.32 Å². The van der Waals surface area contributed by atoms with E-state index in [-0.39, 0.29) is 19.0 Å². The summed E-state index contributed by atoms with van der Waals surface area (Å²) in [6.45, 7) is 3.40. The zero-order valence-electron chi connectivity index (χ0n) is 10.2. The number of thiophene rings is 1. The molecule has 7 heteroatoms. The number of amides is 2. The van der Waals surface area contributed by atoms with Crippen molar-refractivity contribution in [2.75, 3.05) is 18.4 Å². The highest BCUT2D eigenvalue weighted by atomic mass is 32.1. The average molecular weight is 266 g/mol. The predicted molar refractivity (Wildman–Crippen MR) is 69.2 cm³/mol. The molecule has 0 aliphatic carbocycles. The van der Waals surface area contributed by atoms with Crippen LogP contribution in [0.2, 0.25) is 0 Å². The van der Waals surface area contributed by atoms with Gasteiger partial charge in [0.25, 0.3) is 0 Å². The van der Waals surface area contributed by atoms with Crippen molar-refractivity contribution in [2.45, 2.75) is 13.8 Å². The third kappa shape index (κ3) is 3.29. The molecule has 0 aliphatic rings. The van der Waals surface area contributed by atoms with Crippen LogP contribution in [0.3, 0.4) is 0 Å². The molecule has 18 heavy (non-hydrogen) atoms. The van der Waals surface area contributed by atoms with Crippen molar-refractivity contribution < 1.29 is 9.59 Å². The Morgan fingerprint density at radius 3 is 2.61 bits per heavy atom. The number of nitrogens with zero attached hydrogens (tertiary/aromatic N) is 1. The van der Waals surface area contributed by atoms with Crippen LogP contribution < -0.4 is 16.4 Å². The zero-order chi connectivity index (χ0) is 13.7. The van der Waals surface area contributed by atoms with Gasteiger partial charge in [-0.3, -0.25) is 9.59 Å². The molecule has 0 aromatic carbocycles. The van der Waals surface area contributed by atoms with Gasteiger partial charge < -0.3 is 16.4 Å². The monoisotopic (exact) mass is 266 g/mol. The lowest BCUT2D eigenvalue weighted by molar-refractivity contribution is -0.123. The summed E-state index contributed by atoms with van der Waals surface area (Å²) in [4.78, 5) is 23.4. The molecule has 1 aromatic heterocycles. The summed E-state index contributed by atoms with van der Waals surface area (Å²) >= 11 is 1.34. The molecule has 0 spiro atoms. The summed E-state index contributed by atoms with van der Waals surface area (Å²) in [5.41, 5.74) is 6.43. The van der Waals surface area contributed by atoms with E-state index >= 15 is 0 Å². The van der Waals surface area contributed by atoms with E-state index in [0.29, 0.717) is 10.6 Å². The molecule has 2 amide bonds. The standard InChI is InChI=1S/C11H14N4O2S/c1-6-7(2)18-11(8(6)3-12)15-10(17)5-14-9(16)4-13/h4-5,13H2,1-2H3,(H,14,16)(H,15,17). The lowest BCUT2D eigenvalue weighted by atomic mass is 10.2. The molecule has 6 nitrogen and oxygen atoms in total. The number of nitrogens with two attached hydrogens (primary N) is 1. The molecule has 1 heterocycles. The van der Waals surface area contributed by atoms with E-state index in [0.717, 1.165) is 10.4 Å². The number of nitrogens with one attached hydrogen (secondary N) is 2. The van der Waals surface area contributed by atoms with Crippen molar-refractivity contribution in [3.05, 3.63) is 16.0 Å². The van der Waals surface area contributed by atoms with Crippen LogP contribution in [0, 0.1) is 25.2 Å². The van der Waals surface area contributed by atoms with Crippen LogP contribution in [-0.4, -0.2) is 24.9 Å². The maximum absolute atomic E-state index is 11.6. The van der Waals surface area contributed by atoms with Gasteiger partial charge >= 0.3 is 0 Å². The minimum absolute atomic E-state index is 0.156. The number of hydrogen-bond acceptors (Lipinski definition) is 5. The fraction of sp³-hybridized carbons (Fsp3) is 0.364. The third-order valence-corrected chi connectivity index (χ3v) is 3.50. The first-order valence-electron chi connectivity index (χ1n) is 5.26. The molecule has 0 saturated heterocycles. The number of hydrogen-bond donors (Lipinski definition) is 3. The molecular formula is C11H14N4O2S. The highest BCUT2D eigenvalue weighted by Crippen LogP contribution is 2.31. The molecule has 0 aliphatic heterocycles. The Bertz CT molecular complexity index is 516. The van der Waals surface area contributed by atoms with Crippen molar-refractivity contribution in [1.29, 1.82) is 5.26 Å². The summed E-state index contributed by atoms with van der Waals surface area (Å²) in [5.74, 6) is -0.779. The largest absolute Gasteiger partial charge is 0.346 e. The number of nitriles is 1. The first-order chi connectivity index (χ1) is 8.49. The normalized spacial score (nSPS) is 9.67. The molecule has 96 valence electrons. The molecule has 0 fully saturated rings. The second-order valence-electron chi connectivity index (χ2n) is 3.63. The van der Waals surface area contributed by atoms with E-state index in [2.05, 4.69) is 16.7 Å². The Labute approximate surface area is 109 Å². The second kappa shape index (κ2) is 6.14. The van der Waals surface area contributed by atoms with Crippen LogP contribution in [0.25, 0.3) is 0 Å². The van der Waals surface area contributed by atoms with Crippen LogP contribution in [-0.2, 0) is 9.59 Å². The van der Waals surface area contributed by atoms with E-state index in [9.17, 15) is 9.59 Å². The van der Waals surface area contributed by atoms with E-state index in [4.69, 9.17) is 11.0 Å². The summed E-state index contributed by atoms with van der Waals surface area (Å²) in [6.07, 6.45) is 0. The molecule has 4 N–H and O–H groups in total. The van der Waals surface area contributed by atoms with Crippen molar-refractivity contribution in [3.8, 4) is 6.07 Å². The fourth-order valence-corrected chi connectivity index (χ4v) is 2.30. The Hall–Kier alpha value is -1.91. The maximum Gasteiger partial charge on any atom is 0.244 e. The van der Waals surface area contributed by atoms with Gasteiger partial charge in [0.2, 0.25) is 11.8 Å². The van der Waals surface area contributed by atoms with E-state index in [1.165, 1.54) is 11.3 Å². The molecular weight excluding hydrogens is 252 g/mol. The first kappa shape index (κ1) is 14.2. The number of carbonyl (C=O) groups is 2. The average Bonchev–Trinajstić information content (AvgIpc) is 2.61. The lowest BCUT2D eigenvalue weighted by Crippen LogP contribution is -2.36. The number of anilines is 1. The number of carbonyl (C=O) groups excluding carboxylic acids is 2. The SMILES string of the molecule is Cc1sc(NC(=O)CNC(=O)CN)c(C#N)c1C. The van der Waals surface area contributed by atoms with Crippen molar-refractivity contribution >= 4 is 28.2 Å². The van der Waals surface area contributed by atoms with E-state index in [1.54, 1.807) is 0 Å². The number of aryl methyl sites for hydroxylation is 1. The number of rotatable bonds is 4. The van der Waals surface area contributed by atoms with Gasteiger partial charge in [-0.1, -0.05) is 0 Å². The van der Waals surface area contributed by atoms with Crippen molar-refractivity contribution in [2.24, 2.45) is 5.73 Å². The van der Waals surface area contributed by atoms with E-state index in [1.807, 2.05) is 13.8 Å². The second-order valence-corrected chi connectivity index (χ2v) is 4.85. The zero-order valence-corrected chi connectivity index (χ0v) is 11.0. The van der Waals surface area contributed by atoms with Gasteiger partial charge in [0.05, 0.1) is 18.7 Å². The van der Waals surface area contributed by atoms with Crippen LogP contribution in [0.5, 0.6) is 0 Å². The van der Waals surface area contributed by atoms with Crippen LogP contribution in [0.4, 0.5) is 5.00 Å². The molecule has 0 saturated carbocycles. The van der Waals surface area contributed by atoms with Crippen LogP contribution in [0.15, 0.2) is 0 Å². The van der Waals surface area contributed by atoms with Crippen molar-refractivity contribution in [3.63, 3.8) is 0 Å². The highest BCUT2D eigenvalue weighted by Gasteiger charge is 2.14. The van der Waals surface area contributed by atoms with Gasteiger partial charge in [-0.25, -0.2) is 0 Å². The Morgan fingerprint density at radius 1 is 1.39 bits per heavy atom. The molecule has 1 aromatic rings. The first-order valence-corrected chi connectivity index (χ1v) is 6.08. The minimum Gasteiger partial charge on any atom is -0.346 e. The molecule has 0 unspecified atom stereocenters. The van der Waals surface area contributed by atoms with Gasteiger partial charge in [0, 0.05) is 4.88 Å². The van der Waals surface area contributed by atoms with Crippen LogP contribution >= 0.6 is 11.3 Å². The Balaban J connectivity index is 2.68. The molecule has 0 radical (unpaired) electrons. The van der Waals surface area contributed by atoms with Gasteiger partial charge in [-0.2, -0.15) is 5.26 Å². The topological polar surface area (TPSA) is 108 Å².